The first kappa shape index (κ1) is 11.6. The van der Waals surface area contributed by atoms with Crippen LogP contribution in [-0.4, -0.2) is 23.0 Å². The molecule has 90 valence electrons. The predicted octanol–water partition coefficient (Wildman–Crippen LogP) is 2.23. The van der Waals surface area contributed by atoms with Crippen molar-refractivity contribution in [2.75, 3.05) is 0 Å². The summed E-state index contributed by atoms with van der Waals surface area (Å²) >= 11 is 0. The third-order valence-corrected chi connectivity index (χ3v) is 2.98. The summed E-state index contributed by atoms with van der Waals surface area (Å²) in [7, 11) is 0. The molecule has 0 saturated carbocycles. The lowest BCUT2D eigenvalue weighted by Gasteiger charge is -2.23. The third-order valence-electron chi connectivity index (χ3n) is 2.98. The highest BCUT2D eigenvalue weighted by Crippen LogP contribution is 2.30. The van der Waals surface area contributed by atoms with Gasteiger partial charge in [0.25, 0.3) is 0 Å². The maximum absolute atomic E-state index is 11.8. The Morgan fingerprint density at radius 1 is 1.53 bits per heavy atom. The van der Waals surface area contributed by atoms with Gasteiger partial charge < -0.3 is 9.84 Å². The van der Waals surface area contributed by atoms with E-state index in [2.05, 4.69) is 0 Å². The van der Waals surface area contributed by atoms with Gasteiger partial charge in [0.2, 0.25) is 0 Å². The summed E-state index contributed by atoms with van der Waals surface area (Å²) in [4.78, 5) is 22.7. The lowest BCUT2D eigenvalue weighted by atomic mass is 9.94. The number of hydrogen-bond donors (Lipinski definition) is 1. The number of Topliss-reactive ketones (excluding diaryl/α,β-unsaturated/α-hetero) is 1. The number of carboxylic acid groups (broad SMARTS) is 1. The van der Waals surface area contributed by atoms with Gasteiger partial charge in [-0.3, -0.25) is 9.59 Å². The van der Waals surface area contributed by atoms with Gasteiger partial charge in [-0.1, -0.05) is 6.07 Å². The van der Waals surface area contributed by atoms with E-state index in [1.54, 1.807) is 25.1 Å². The Kier molecular flexibility index (Phi) is 2.88. The molecule has 2 atom stereocenters. The number of rotatable bonds is 2. The molecule has 1 heterocycles. The largest absolute Gasteiger partial charge is 0.489 e. The van der Waals surface area contributed by atoms with Gasteiger partial charge in [-0.15, -0.1) is 0 Å². The molecule has 4 heteroatoms. The van der Waals surface area contributed by atoms with Crippen LogP contribution in [0, 0.1) is 0 Å². The standard InChI is InChI=1S/C13H14O4/c1-7-5-11(14)10-6-9(8(2)13(15)16)3-4-12(10)17-7/h3-4,6-8H,5H2,1-2H3,(H,15,16). The SMILES string of the molecule is CC1CC(=O)c2cc(C(C)C(=O)O)ccc2O1. The minimum atomic E-state index is -0.900. The molecule has 1 aliphatic rings. The van der Waals surface area contributed by atoms with Crippen molar-refractivity contribution in [2.24, 2.45) is 0 Å². The van der Waals surface area contributed by atoms with E-state index < -0.39 is 11.9 Å². The summed E-state index contributed by atoms with van der Waals surface area (Å²) in [6.45, 7) is 3.44. The van der Waals surface area contributed by atoms with E-state index in [1.807, 2.05) is 6.92 Å². The summed E-state index contributed by atoms with van der Waals surface area (Å²) < 4.78 is 5.53. The van der Waals surface area contributed by atoms with Crippen LogP contribution in [0.25, 0.3) is 0 Å². The van der Waals surface area contributed by atoms with Gasteiger partial charge in [-0.2, -0.15) is 0 Å². The molecule has 2 unspecified atom stereocenters. The van der Waals surface area contributed by atoms with E-state index in [0.717, 1.165) is 0 Å². The van der Waals surface area contributed by atoms with Gasteiger partial charge in [0, 0.05) is 6.42 Å². The van der Waals surface area contributed by atoms with Crippen LogP contribution in [0.2, 0.25) is 0 Å². The number of carbonyl (C=O) groups excluding carboxylic acids is 1. The molecule has 0 amide bonds. The second-order valence-corrected chi connectivity index (χ2v) is 4.37. The number of carbonyl (C=O) groups is 2. The highest BCUT2D eigenvalue weighted by Gasteiger charge is 2.25. The molecular weight excluding hydrogens is 220 g/mol. The summed E-state index contributed by atoms with van der Waals surface area (Å²) in [6, 6.07) is 5.00. The minimum Gasteiger partial charge on any atom is -0.489 e. The molecule has 0 saturated heterocycles. The molecule has 0 aliphatic carbocycles. The molecule has 17 heavy (non-hydrogen) atoms. The average Bonchev–Trinajstić information content (AvgIpc) is 2.27. The van der Waals surface area contributed by atoms with Gasteiger partial charge in [-0.25, -0.2) is 0 Å². The summed E-state index contributed by atoms with van der Waals surface area (Å²) in [5, 5.41) is 8.93. The third kappa shape index (κ3) is 2.16. The Morgan fingerprint density at radius 3 is 2.88 bits per heavy atom. The lowest BCUT2D eigenvalue weighted by Crippen LogP contribution is -2.24. The number of aliphatic carboxylic acids is 1. The zero-order chi connectivity index (χ0) is 12.6. The maximum Gasteiger partial charge on any atom is 0.310 e. The predicted molar refractivity (Wildman–Crippen MR) is 61.5 cm³/mol. The monoisotopic (exact) mass is 234 g/mol. The van der Waals surface area contributed by atoms with Crippen molar-refractivity contribution < 1.29 is 19.4 Å². The van der Waals surface area contributed by atoms with Gasteiger partial charge in [0.05, 0.1) is 11.5 Å². The highest BCUT2D eigenvalue weighted by molar-refractivity contribution is 6.00. The number of hydrogen-bond acceptors (Lipinski definition) is 3. The smallest absolute Gasteiger partial charge is 0.310 e. The Morgan fingerprint density at radius 2 is 2.24 bits per heavy atom. The molecule has 1 N–H and O–H groups in total. The molecule has 0 fully saturated rings. The van der Waals surface area contributed by atoms with Crippen LogP contribution in [0.4, 0.5) is 0 Å². The zero-order valence-electron chi connectivity index (χ0n) is 9.77. The first-order chi connectivity index (χ1) is 7.99. The number of carboxylic acids is 1. The lowest BCUT2D eigenvalue weighted by molar-refractivity contribution is -0.138. The number of ether oxygens (including phenoxy) is 1. The minimum absolute atomic E-state index is 0.0122. The van der Waals surface area contributed by atoms with E-state index in [-0.39, 0.29) is 11.9 Å². The summed E-state index contributed by atoms with van der Waals surface area (Å²) in [5.74, 6) is -0.955. The summed E-state index contributed by atoms with van der Waals surface area (Å²) in [6.07, 6.45) is 0.232. The Labute approximate surface area is 99.2 Å². The molecular formula is C13H14O4. The number of ketones is 1. The first-order valence-electron chi connectivity index (χ1n) is 5.55. The molecule has 0 aromatic heterocycles. The van der Waals surface area contributed by atoms with Crippen molar-refractivity contribution in [3.05, 3.63) is 29.3 Å². The molecule has 1 aromatic carbocycles. The molecule has 2 rings (SSSR count). The van der Waals surface area contributed by atoms with Gasteiger partial charge in [0.15, 0.2) is 5.78 Å². The number of fused-ring (bicyclic) bond motifs is 1. The van der Waals surface area contributed by atoms with Crippen LogP contribution >= 0.6 is 0 Å². The van der Waals surface area contributed by atoms with Crippen molar-refractivity contribution in [1.82, 2.24) is 0 Å². The van der Waals surface area contributed by atoms with Gasteiger partial charge in [-0.05, 0) is 31.5 Å². The fraction of sp³-hybridized carbons (Fsp3) is 0.385. The Balaban J connectivity index is 2.40. The van der Waals surface area contributed by atoms with E-state index >= 15 is 0 Å². The fourth-order valence-corrected chi connectivity index (χ4v) is 1.91. The van der Waals surface area contributed by atoms with Crippen molar-refractivity contribution >= 4 is 11.8 Å². The van der Waals surface area contributed by atoms with Crippen molar-refractivity contribution in [1.29, 1.82) is 0 Å². The second kappa shape index (κ2) is 4.20. The van der Waals surface area contributed by atoms with Crippen LogP contribution in [-0.2, 0) is 4.79 Å². The molecule has 0 spiro atoms. The normalized spacial score (nSPS) is 20.4. The molecule has 0 radical (unpaired) electrons. The van der Waals surface area contributed by atoms with Crippen LogP contribution in [0.5, 0.6) is 5.75 Å². The maximum atomic E-state index is 11.8. The average molecular weight is 234 g/mol. The van der Waals surface area contributed by atoms with Crippen LogP contribution < -0.4 is 4.74 Å². The van der Waals surface area contributed by atoms with Crippen molar-refractivity contribution in [3.63, 3.8) is 0 Å². The van der Waals surface area contributed by atoms with E-state index in [1.165, 1.54) is 0 Å². The molecule has 4 nitrogen and oxygen atoms in total. The molecule has 1 aliphatic heterocycles. The quantitative estimate of drug-likeness (QED) is 0.852. The summed E-state index contributed by atoms with van der Waals surface area (Å²) in [5.41, 5.74) is 1.12. The van der Waals surface area contributed by atoms with Crippen molar-refractivity contribution in [3.8, 4) is 5.75 Å². The Bertz CT molecular complexity index is 478. The molecule has 0 bridgehead atoms. The van der Waals surface area contributed by atoms with E-state index in [9.17, 15) is 9.59 Å². The first-order valence-corrected chi connectivity index (χ1v) is 5.55. The van der Waals surface area contributed by atoms with Gasteiger partial charge in [0.1, 0.15) is 11.9 Å². The molecule has 1 aromatic rings. The Hall–Kier alpha value is -1.84. The van der Waals surface area contributed by atoms with Crippen LogP contribution in [0.1, 0.15) is 42.1 Å². The fourth-order valence-electron chi connectivity index (χ4n) is 1.91. The second-order valence-electron chi connectivity index (χ2n) is 4.37. The zero-order valence-corrected chi connectivity index (χ0v) is 9.77. The van der Waals surface area contributed by atoms with Crippen molar-refractivity contribution in [2.45, 2.75) is 32.3 Å². The van der Waals surface area contributed by atoms with Gasteiger partial charge >= 0.3 is 5.97 Å². The van der Waals surface area contributed by atoms with E-state index in [4.69, 9.17) is 9.84 Å². The van der Waals surface area contributed by atoms with Crippen LogP contribution in [0.15, 0.2) is 18.2 Å². The topological polar surface area (TPSA) is 63.6 Å². The highest BCUT2D eigenvalue weighted by atomic mass is 16.5. The van der Waals surface area contributed by atoms with Crippen LogP contribution in [0.3, 0.4) is 0 Å². The van der Waals surface area contributed by atoms with E-state index in [0.29, 0.717) is 23.3 Å². The number of benzene rings is 1.